The molecule has 3 heterocycles. The Balaban J connectivity index is 1.39. The second-order valence-electron chi connectivity index (χ2n) is 8.20. The normalized spacial score (nSPS) is 11.0. The maximum Gasteiger partial charge on any atom is 0.292 e. The molecule has 0 aliphatic carbocycles. The number of nitrogen functional groups attached to an aromatic ring is 1. The first-order valence-electron chi connectivity index (χ1n) is 11.8. The smallest absolute Gasteiger partial charge is 0.292 e. The Bertz CT molecular complexity index is 1720. The number of hydrogen-bond donors (Lipinski definition) is 2. The number of aromatic nitrogens is 6. The van der Waals surface area contributed by atoms with Crippen LogP contribution in [0.2, 0.25) is 0 Å². The number of hydrogen-bond acceptors (Lipinski definition) is 13. The Hall–Kier alpha value is -5.64. The van der Waals surface area contributed by atoms with Gasteiger partial charge in [-0.2, -0.15) is 9.78 Å². The summed E-state index contributed by atoms with van der Waals surface area (Å²) in [4.78, 5) is 28.2. The van der Waals surface area contributed by atoms with E-state index in [1.54, 1.807) is 31.1 Å². The molecular weight excluding hydrogens is 552 g/mol. The SMILES string of the molecule is COc1ccc(/C=N\NC(=O)c2c(-c3ccc([N+](=O)[O-])cc3)nnn2-c2nonc2N)cc1CSc1ccccn1. The maximum atomic E-state index is 13.3. The summed E-state index contributed by atoms with van der Waals surface area (Å²) in [6, 6.07) is 16.6. The predicted molar refractivity (Wildman–Crippen MR) is 148 cm³/mol. The van der Waals surface area contributed by atoms with Crippen molar-refractivity contribution in [3.63, 3.8) is 0 Å². The lowest BCUT2D eigenvalue weighted by molar-refractivity contribution is -0.384. The molecule has 0 fully saturated rings. The number of ether oxygens (including phenoxy) is 1. The number of thioether (sulfide) groups is 1. The van der Waals surface area contributed by atoms with Crippen LogP contribution in [0.3, 0.4) is 0 Å². The minimum absolute atomic E-state index is 0.0648. The third-order valence-corrected chi connectivity index (χ3v) is 6.62. The van der Waals surface area contributed by atoms with Gasteiger partial charge in [0.25, 0.3) is 11.6 Å². The van der Waals surface area contributed by atoms with Gasteiger partial charge in [0, 0.05) is 35.2 Å². The van der Waals surface area contributed by atoms with Gasteiger partial charge in [-0.1, -0.05) is 11.3 Å². The van der Waals surface area contributed by atoms with Crippen molar-refractivity contribution >= 4 is 35.4 Å². The van der Waals surface area contributed by atoms with Crippen molar-refractivity contribution < 1.29 is 19.1 Å². The molecule has 0 radical (unpaired) electrons. The number of carbonyl (C=O) groups is 1. The Morgan fingerprint density at radius 2 is 2.05 bits per heavy atom. The quantitative estimate of drug-likeness (QED) is 0.107. The summed E-state index contributed by atoms with van der Waals surface area (Å²) in [5.41, 5.74) is 10.2. The van der Waals surface area contributed by atoms with Crippen LogP contribution in [0.25, 0.3) is 17.1 Å². The molecule has 206 valence electrons. The number of nitro benzene ring substituents is 1. The van der Waals surface area contributed by atoms with Gasteiger partial charge < -0.3 is 10.5 Å². The standard InChI is InChI=1S/C25H20N10O5S/c1-39-19-10-5-15(12-17(19)14-41-20-4-2-3-11-27-20)13-28-30-25(36)22-21(16-6-8-18(9-7-16)35(37)38)29-33-34(22)24-23(26)31-40-32-24/h2-13H,14H2,1H3,(H2,26,31)(H,30,36)/b28-13-. The van der Waals surface area contributed by atoms with E-state index in [-0.39, 0.29) is 28.7 Å². The highest BCUT2D eigenvalue weighted by molar-refractivity contribution is 7.98. The zero-order valence-corrected chi connectivity index (χ0v) is 22.1. The fourth-order valence-electron chi connectivity index (χ4n) is 3.70. The summed E-state index contributed by atoms with van der Waals surface area (Å²) >= 11 is 1.55. The number of benzene rings is 2. The summed E-state index contributed by atoms with van der Waals surface area (Å²) < 4.78 is 11.2. The van der Waals surface area contributed by atoms with Crippen molar-refractivity contribution in [2.24, 2.45) is 5.10 Å². The molecule has 0 atom stereocenters. The van der Waals surface area contributed by atoms with Crippen LogP contribution in [0.4, 0.5) is 11.5 Å². The van der Waals surface area contributed by atoms with E-state index in [9.17, 15) is 14.9 Å². The molecule has 5 aromatic rings. The van der Waals surface area contributed by atoms with E-state index in [0.717, 1.165) is 15.3 Å². The summed E-state index contributed by atoms with van der Waals surface area (Å²) in [5.74, 6) is 0.407. The second kappa shape index (κ2) is 12.0. The van der Waals surface area contributed by atoms with E-state index < -0.39 is 10.8 Å². The Labute approximate surface area is 235 Å². The molecule has 5 rings (SSSR count). The molecule has 15 nitrogen and oxygen atoms in total. The van der Waals surface area contributed by atoms with Gasteiger partial charge in [0.15, 0.2) is 5.69 Å². The first kappa shape index (κ1) is 26.9. The largest absolute Gasteiger partial charge is 0.496 e. The molecule has 0 aliphatic rings. The Morgan fingerprint density at radius 1 is 1.22 bits per heavy atom. The molecule has 3 aromatic heterocycles. The fourth-order valence-corrected chi connectivity index (χ4v) is 4.54. The van der Waals surface area contributed by atoms with Gasteiger partial charge in [-0.05, 0) is 58.3 Å². The summed E-state index contributed by atoms with van der Waals surface area (Å²) in [6.07, 6.45) is 3.20. The Kier molecular flexibility index (Phi) is 7.91. The van der Waals surface area contributed by atoms with Crippen LogP contribution in [0.15, 0.2) is 81.6 Å². The van der Waals surface area contributed by atoms with Crippen molar-refractivity contribution in [3.05, 3.63) is 93.8 Å². The molecule has 0 saturated carbocycles. The van der Waals surface area contributed by atoms with E-state index in [0.29, 0.717) is 22.6 Å². The van der Waals surface area contributed by atoms with Crippen molar-refractivity contribution in [2.75, 3.05) is 12.8 Å². The first-order chi connectivity index (χ1) is 19.9. The lowest BCUT2D eigenvalue weighted by atomic mass is 10.1. The highest BCUT2D eigenvalue weighted by atomic mass is 32.2. The molecule has 2 aromatic carbocycles. The number of nitro groups is 1. The van der Waals surface area contributed by atoms with Gasteiger partial charge in [-0.25, -0.2) is 15.0 Å². The van der Waals surface area contributed by atoms with E-state index in [1.807, 2.05) is 30.3 Å². The van der Waals surface area contributed by atoms with Crippen LogP contribution in [-0.2, 0) is 5.75 Å². The van der Waals surface area contributed by atoms with Crippen LogP contribution in [0, 0.1) is 10.1 Å². The molecule has 16 heteroatoms. The lowest BCUT2D eigenvalue weighted by Crippen LogP contribution is -2.22. The van der Waals surface area contributed by atoms with Crippen molar-refractivity contribution in [1.82, 2.24) is 35.7 Å². The highest BCUT2D eigenvalue weighted by Crippen LogP contribution is 2.28. The van der Waals surface area contributed by atoms with E-state index in [2.05, 4.69) is 40.8 Å². The number of nitrogens with two attached hydrogens (primary N) is 1. The van der Waals surface area contributed by atoms with Crippen LogP contribution >= 0.6 is 11.8 Å². The van der Waals surface area contributed by atoms with Gasteiger partial charge in [0.05, 0.1) is 23.3 Å². The minimum Gasteiger partial charge on any atom is -0.496 e. The third-order valence-electron chi connectivity index (χ3n) is 5.63. The van der Waals surface area contributed by atoms with E-state index >= 15 is 0 Å². The lowest BCUT2D eigenvalue weighted by Gasteiger charge is -2.09. The van der Waals surface area contributed by atoms with Crippen molar-refractivity contribution in [3.8, 4) is 22.8 Å². The number of hydrazone groups is 1. The predicted octanol–water partition coefficient (Wildman–Crippen LogP) is 3.27. The van der Waals surface area contributed by atoms with Crippen LogP contribution in [0.1, 0.15) is 21.6 Å². The number of amides is 1. The highest BCUT2D eigenvalue weighted by Gasteiger charge is 2.26. The number of pyridine rings is 1. The molecule has 0 unspecified atom stereocenters. The molecule has 41 heavy (non-hydrogen) atoms. The van der Waals surface area contributed by atoms with Gasteiger partial charge in [0.2, 0.25) is 11.6 Å². The topological polar surface area (TPSA) is 202 Å². The van der Waals surface area contributed by atoms with Gasteiger partial charge in [-0.15, -0.1) is 16.9 Å². The first-order valence-corrected chi connectivity index (χ1v) is 12.8. The number of methoxy groups -OCH3 is 1. The van der Waals surface area contributed by atoms with Crippen molar-refractivity contribution in [1.29, 1.82) is 0 Å². The minimum atomic E-state index is -0.707. The second-order valence-corrected chi connectivity index (χ2v) is 9.20. The number of rotatable bonds is 10. The van der Waals surface area contributed by atoms with Gasteiger partial charge in [-0.3, -0.25) is 14.9 Å². The molecule has 0 bridgehead atoms. The average Bonchev–Trinajstić information content (AvgIpc) is 3.62. The molecule has 0 aliphatic heterocycles. The van der Waals surface area contributed by atoms with Crippen LogP contribution in [0.5, 0.6) is 5.75 Å². The molecule has 3 N–H and O–H groups in total. The van der Waals surface area contributed by atoms with E-state index in [4.69, 9.17) is 10.5 Å². The number of anilines is 1. The number of nitrogens with one attached hydrogen (secondary N) is 1. The third kappa shape index (κ3) is 6.01. The van der Waals surface area contributed by atoms with E-state index in [1.165, 1.54) is 30.5 Å². The zero-order chi connectivity index (χ0) is 28.8. The van der Waals surface area contributed by atoms with Gasteiger partial charge >= 0.3 is 0 Å². The summed E-state index contributed by atoms with van der Waals surface area (Å²) in [5, 5.41) is 31.3. The molecule has 0 spiro atoms. The Morgan fingerprint density at radius 3 is 2.73 bits per heavy atom. The monoisotopic (exact) mass is 572 g/mol. The summed E-state index contributed by atoms with van der Waals surface area (Å²) in [6.45, 7) is 0. The molecule has 0 saturated heterocycles. The van der Waals surface area contributed by atoms with Crippen LogP contribution < -0.4 is 15.9 Å². The van der Waals surface area contributed by atoms with Gasteiger partial charge in [0.1, 0.15) is 11.4 Å². The van der Waals surface area contributed by atoms with Crippen molar-refractivity contribution in [2.45, 2.75) is 10.8 Å². The number of nitrogens with zero attached hydrogens (tertiary/aromatic N) is 8. The molecule has 1 amide bonds. The van der Waals surface area contributed by atoms with Crippen LogP contribution in [-0.4, -0.2) is 54.4 Å². The average molecular weight is 573 g/mol. The molecular formula is C25H20N10O5S. The number of carbonyl (C=O) groups excluding carboxylic acids is 1. The maximum absolute atomic E-state index is 13.3. The summed E-state index contributed by atoms with van der Waals surface area (Å²) in [7, 11) is 1.59. The zero-order valence-electron chi connectivity index (χ0n) is 21.2. The fraction of sp³-hybridized carbons (Fsp3) is 0.0800. The number of non-ortho nitro benzene ring substituents is 1.